The Morgan fingerprint density at radius 3 is 2.92 bits per heavy atom. The van der Waals surface area contributed by atoms with Crippen LogP contribution in [0.1, 0.15) is 39.0 Å². The number of carbonyl (C=O) groups is 1. The van der Waals surface area contributed by atoms with Crippen molar-refractivity contribution < 1.29 is 9.90 Å². The third kappa shape index (κ3) is 2.48. The number of aliphatic carboxylic acids is 1. The van der Waals surface area contributed by atoms with Crippen LogP contribution in [0, 0.1) is 0 Å². The number of hydrogen-bond acceptors (Lipinski definition) is 2. The Bertz CT molecular complexity index is 157. The number of rotatable bonds is 3. The molecule has 1 rings (SSSR count). The van der Waals surface area contributed by atoms with Crippen LogP contribution in [0.4, 0.5) is 0 Å². The molecule has 0 bridgehead atoms. The molecule has 1 heterocycles. The molecule has 1 saturated heterocycles. The van der Waals surface area contributed by atoms with E-state index in [4.69, 9.17) is 5.11 Å². The van der Waals surface area contributed by atoms with Crippen molar-refractivity contribution in [3.8, 4) is 0 Å². The minimum Gasteiger partial charge on any atom is -0.480 e. The zero-order valence-corrected chi connectivity index (χ0v) is 7.55. The van der Waals surface area contributed by atoms with E-state index in [1.807, 2.05) is 0 Å². The van der Waals surface area contributed by atoms with Gasteiger partial charge in [0.05, 0.1) is 0 Å². The Labute approximate surface area is 73.2 Å². The van der Waals surface area contributed by atoms with Gasteiger partial charge in [-0.3, -0.25) is 4.79 Å². The highest BCUT2D eigenvalue weighted by Crippen LogP contribution is 2.15. The average Bonchev–Trinajstić information content (AvgIpc) is 2.05. The summed E-state index contributed by atoms with van der Waals surface area (Å²) in [6, 6.07) is 0.139. The van der Waals surface area contributed by atoms with Gasteiger partial charge in [-0.15, -0.1) is 0 Å². The molecule has 0 aromatic heterocycles. The molecule has 0 aromatic rings. The molecule has 2 atom stereocenters. The molecule has 0 amide bonds. The summed E-state index contributed by atoms with van der Waals surface area (Å²) in [5.74, 6) is -0.698. The summed E-state index contributed by atoms with van der Waals surface area (Å²) in [5.41, 5.74) is 0. The van der Waals surface area contributed by atoms with Gasteiger partial charge in [0.25, 0.3) is 0 Å². The molecule has 12 heavy (non-hydrogen) atoms. The highest BCUT2D eigenvalue weighted by atomic mass is 16.4. The van der Waals surface area contributed by atoms with Gasteiger partial charge in [0, 0.05) is 6.04 Å². The first-order chi connectivity index (χ1) is 5.74. The molecule has 0 unspecified atom stereocenters. The van der Waals surface area contributed by atoms with Crippen molar-refractivity contribution in [2.24, 2.45) is 0 Å². The number of hydrogen-bond donors (Lipinski definition) is 2. The smallest absolute Gasteiger partial charge is 0.320 e. The van der Waals surface area contributed by atoms with Crippen LogP contribution in [0.3, 0.4) is 0 Å². The lowest BCUT2D eigenvalue weighted by Crippen LogP contribution is -2.46. The van der Waals surface area contributed by atoms with E-state index in [1.54, 1.807) is 0 Å². The lowest BCUT2D eigenvalue weighted by molar-refractivity contribution is -0.140. The maximum atomic E-state index is 10.6. The van der Waals surface area contributed by atoms with Gasteiger partial charge < -0.3 is 10.4 Å². The molecule has 1 fully saturated rings. The highest BCUT2D eigenvalue weighted by Gasteiger charge is 2.24. The van der Waals surface area contributed by atoms with Crippen LogP contribution in [-0.2, 0) is 4.79 Å². The molecule has 3 nitrogen and oxygen atoms in total. The largest absolute Gasteiger partial charge is 0.480 e. The maximum Gasteiger partial charge on any atom is 0.320 e. The van der Waals surface area contributed by atoms with Gasteiger partial charge in [0.2, 0.25) is 0 Å². The Kier molecular flexibility index (Phi) is 3.53. The SMILES string of the molecule is CCC[C@H]1CCC[C@@H](C(=O)O)N1. The number of nitrogens with one attached hydrogen (secondary N) is 1. The zero-order valence-electron chi connectivity index (χ0n) is 7.55. The Morgan fingerprint density at radius 2 is 2.33 bits per heavy atom. The van der Waals surface area contributed by atoms with Crippen molar-refractivity contribution >= 4 is 5.97 Å². The van der Waals surface area contributed by atoms with Gasteiger partial charge >= 0.3 is 5.97 Å². The van der Waals surface area contributed by atoms with E-state index in [1.165, 1.54) is 0 Å². The standard InChI is InChI=1S/C9H17NO2/c1-2-4-7-5-3-6-8(10-7)9(11)12/h7-8,10H,2-6H2,1H3,(H,11,12)/t7-,8-/m0/s1. The fourth-order valence-corrected chi connectivity index (χ4v) is 1.79. The first-order valence-corrected chi connectivity index (χ1v) is 4.73. The normalized spacial score (nSPS) is 30.1. The monoisotopic (exact) mass is 171 g/mol. The van der Waals surface area contributed by atoms with Crippen molar-refractivity contribution in [2.75, 3.05) is 0 Å². The molecule has 0 saturated carbocycles. The predicted molar refractivity (Wildman–Crippen MR) is 47.1 cm³/mol. The summed E-state index contributed by atoms with van der Waals surface area (Å²) in [5, 5.41) is 11.9. The van der Waals surface area contributed by atoms with Crippen LogP contribution in [0.15, 0.2) is 0 Å². The average molecular weight is 171 g/mol. The Balaban J connectivity index is 2.35. The second kappa shape index (κ2) is 4.45. The van der Waals surface area contributed by atoms with Crippen molar-refractivity contribution in [1.82, 2.24) is 5.32 Å². The summed E-state index contributed by atoms with van der Waals surface area (Å²) < 4.78 is 0. The first-order valence-electron chi connectivity index (χ1n) is 4.73. The fraction of sp³-hybridized carbons (Fsp3) is 0.889. The summed E-state index contributed by atoms with van der Waals surface area (Å²) in [6.07, 6.45) is 5.20. The first kappa shape index (κ1) is 9.52. The second-order valence-corrected chi connectivity index (χ2v) is 3.47. The summed E-state index contributed by atoms with van der Waals surface area (Å²) in [4.78, 5) is 10.6. The van der Waals surface area contributed by atoms with Gasteiger partial charge in [-0.05, 0) is 25.7 Å². The molecule has 0 radical (unpaired) electrons. The quantitative estimate of drug-likeness (QED) is 0.674. The van der Waals surface area contributed by atoms with Crippen molar-refractivity contribution in [2.45, 2.75) is 51.1 Å². The summed E-state index contributed by atoms with van der Waals surface area (Å²) in [6.45, 7) is 2.13. The van der Waals surface area contributed by atoms with Crippen LogP contribution in [0.5, 0.6) is 0 Å². The number of piperidine rings is 1. The molecule has 3 heteroatoms. The van der Waals surface area contributed by atoms with E-state index < -0.39 is 5.97 Å². The molecule has 0 aliphatic carbocycles. The summed E-state index contributed by atoms with van der Waals surface area (Å²) in [7, 11) is 0. The van der Waals surface area contributed by atoms with Crippen molar-refractivity contribution in [3.63, 3.8) is 0 Å². The molecule has 70 valence electrons. The van der Waals surface area contributed by atoms with Crippen LogP contribution in [0.2, 0.25) is 0 Å². The van der Waals surface area contributed by atoms with Crippen molar-refractivity contribution in [1.29, 1.82) is 0 Å². The Morgan fingerprint density at radius 1 is 1.58 bits per heavy atom. The predicted octanol–water partition coefficient (Wildman–Crippen LogP) is 1.38. The van der Waals surface area contributed by atoms with Crippen LogP contribution in [-0.4, -0.2) is 23.2 Å². The van der Waals surface area contributed by atoms with Gasteiger partial charge in [0.1, 0.15) is 6.04 Å². The minimum absolute atomic E-state index is 0.296. The Hall–Kier alpha value is -0.570. The molecule has 1 aliphatic rings. The topological polar surface area (TPSA) is 49.3 Å². The van der Waals surface area contributed by atoms with Crippen LogP contribution >= 0.6 is 0 Å². The van der Waals surface area contributed by atoms with Gasteiger partial charge in [-0.1, -0.05) is 13.3 Å². The fourth-order valence-electron chi connectivity index (χ4n) is 1.79. The lowest BCUT2D eigenvalue weighted by Gasteiger charge is -2.28. The van der Waals surface area contributed by atoms with E-state index in [0.29, 0.717) is 6.04 Å². The molecule has 0 aromatic carbocycles. The van der Waals surface area contributed by atoms with E-state index in [-0.39, 0.29) is 6.04 Å². The van der Waals surface area contributed by atoms with E-state index >= 15 is 0 Å². The maximum absolute atomic E-state index is 10.6. The molecular formula is C9H17NO2. The molecular weight excluding hydrogens is 154 g/mol. The molecule has 2 N–H and O–H groups in total. The zero-order chi connectivity index (χ0) is 8.97. The lowest BCUT2D eigenvalue weighted by atomic mass is 9.96. The highest BCUT2D eigenvalue weighted by molar-refractivity contribution is 5.73. The summed E-state index contributed by atoms with van der Waals surface area (Å²) >= 11 is 0. The molecule has 0 spiro atoms. The third-order valence-corrected chi connectivity index (χ3v) is 2.42. The molecule has 1 aliphatic heterocycles. The van der Waals surface area contributed by atoms with Gasteiger partial charge in [0.15, 0.2) is 0 Å². The van der Waals surface area contributed by atoms with Crippen LogP contribution in [0.25, 0.3) is 0 Å². The number of carboxylic acid groups (broad SMARTS) is 1. The van der Waals surface area contributed by atoms with E-state index in [9.17, 15) is 4.79 Å². The third-order valence-electron chi connectivity index (χ3n) is 2.42. The van der Waals surface area contributed by atoms with E-state index in [0.717, 1.165) is 32.1 Å². The van der Waals surface area contributed by atoms with Crippen LogP contribution < -0.4 is 5.32 Å². The second-order valence-electron chi connectivity index (χ2n) is 3.47. The minimum atomic E-state index is -0.698. The van der Waals surface area contributed by atoms with E-state index in [2.05, 4.69) is 12.2 Å². The van der Waals surface area contributed by atoms with Gasteiger partial charge in [-0.25, -0.2) is 0 Å². The van der Waals surface area contributed by atoms with Crippen molar-refractivity contribution in [3.05, 3.63) is 0 Å². The number of carboxylic acids is 1. The van der Waals surface area contributed by atoms with Gasteiger partial charge in [-0.2, -0.15) is 0 Å².